The molecule has 26 heavy (non-hydrogen) atoms. The van der Waals surface area contributed by atoms with Gasteiger partial charge in [-0.3, -0.25) is 4.79 Å². The molecule has 0 unspecified atom stereocenters. The lowest BCUT2D eigenvalue weighted by Gasteiger charge is -2.19. The largest absolute Gasteiger partial charge is 0.490 e. The maximum Gasteiger partial charge on any atom is 0.254 e. The Labute approximate surface area is 158 Å². The van der Waals surface area contributed by atoms with Crippen LogP contribution in [-0.2, 0) is 6.54 Å². The van der Waals surface area contributed by atoms with Gasteiger partial charge in [-0.05, 0) is 43.2 Å². The van der Waals surface area contributed by atoms with Crippen LogP contribution in [0.15, 0.2) is 36.4 Å². The molecule has 140 valence electrons. The highest BCUT2D eigenvalue weighted by molar-refractivity contribution is 6.32. The first-order chi connectivity index (χ1) is 12.5. The summed E-state index contributed by atoms with van der Waals surface area (Å²) < 4.78 is 24.3. The summed E-state index contributed by atoms with van der Waals surface area (Å²) in [4.78, 5) is 14.3. The van der Waals surface area contributed by atoms with E-state index in [1.807, 2.05) is 13.8 Å². The molecule has 0 heterocycles. The first kappa shape index (κ1) is 20.0. The molecular weight excluding hydrogens is 357 g/mol. The van der Waals surface area contributed by atoms with Crippen molar-refractivity contribution in [3.8, 4) is 11.5 Å². The summed E-state index contributed by atoms with van der Waals surface area (Å²) in [5.41, 5.74) is 1.24. The van der Waals surface area contributed by atoms with Gasteiger partial charge in [-0.2, -0.15) is 0 Å². The summed E-state index contributed by atoms with van der Waals surface area (Å²) in [6.07, 6.45) is 0.836. The lowest BCUT2D eigenvalue weighted by molar-refractivity contribution is 0.0784. The van der Waals surface area contributed by atoms with Crippen molar-refractivity contribution in [2.24, 2.45) is 0 Å². The molecule has 2 rings (SSSR count). The molecule has 2 aromatic carbocycles. The topological polar surface area (TPSA) is 38.8 Å². The second kappa shape index (κ2) is 9.43. The van der Waals surface area contributed by atoms with Crippen LogP contribution in [0.3, 0.4) is 0 Å². The van der Waals surface area contributed by atoms with E-state index in [0.29, 0.717) is 41.8 Å². The number of hydrogen-bond donors (Lipinski definition) is 0. The summed E-state index contributed by atoms with van der Waals surface area (Å²) in [5.74, 6) is 0.387. The molecule has 0 spiro atoms. The highest BCUT2D eigenvalue weighted by Crippen LogP contribution is 2.37. The molecule has 0 fully saturated rings. The number of hydrogen-bond acceptors (Lipinski definition) is 3. The lowest BCUT2D eigenvalue weighted by Crippen LogP contribution is -2.26. The molecule has 0 saturated carbocycles. The fourth-order valence-corrected chi connectivity index (χ4v) is 2.72. The highest BCUT2D eigenvalue weighted by atomic mass is 35.5. The van der Waals surface area contributed by atoms with E-state index in [2.05, 4.69) is 0 Å². The van der Waals surface area contributed by atoms with E-state index in [0.717, 1.165) is 12.0 Å². The number of ether oxygens (including phenoxy) is 2. The van der Waals surface area contributed by atoms with E-state index < -0.39 is 0 Å². The summed E-state index contributed by atoms with van der Waals surface area (Å²) >= 11 is 6.31. The van der Waals surface area contributed by atoms with Crippen molar-refractivity contribution in [2.45, 2.75) is 26.8 Å². The van der Waals surface area contributed by atoms with Crippen LogP contribution in [0.5, 0.6) is 11.5 Å². The normalized spacial score (nSPS) is 10.5. The summed E-state index contributed by atoms with van der Waals surface area (Å²) in [6, 6.07) is 9.27. The monoisotopic (exact) mass is 379 g/mol. The van der Waals surface area contributed by atoms with Crippen molar-refractivity contribution >= 4 is 17.5 Å². The molecular formula is C20H23ClFNO3. The maximum atomic E-state index is 13.0. The van der Waals surface area contributed by atoms with Crippen molar-refractivity contribution in [3.05, 3.63) is 58.4 Å². The second-order valence-electron chi connectivity index (χ2n) is 5.85. The van der Waals surface area contributed by atoms with Crippen molar-refractivity contribution in [3.63, 3.8) is 0 Å². The van der Waals surface area contributed by atoms with Crippen molar-refractivity contribution in [2.75, 3.05) is 20.3 Å². The molecule has 0 aliphatic carbocycles. The average molecular weight is 380 g/mol. The Morgan fingerprint density at radius 2 is 1.85 bits per heavy atom. The molecule has 2 aromatic rings. The van der Waals surface area contributed by atoms with E-state index in [1.165, 1.54) is 12.1 Å². The van der Waals surface area contributed by atoms with Crippen LogP contribution in [0.25, 0.3) is 0 Å². The number of halogens is 2. The highest BCUT2D eigenvalue weighted by Gasteiger charge is 2.19. The van der Waals surface area contributed by atoms with Crippen LogP contribution in [0, 0.1) is 5.82 Å². The van der Waals surface area contributed by atoms with Crippen LogP contribution in [-0.4, -0.2) is 31.1 Å². The molecule has 4 nitrogen and oxygen atoms in total. The molecule has 6 heteroatoms. The molecule has 0 atom stereocenters. The van der Waals surface area contributed by atoms with Crippen molar-refractivity contribution in [1.82, 2.24) is 4.90 Å². The van der Waals surface area contributed by atoms with E-state index in [9.17, 15) is 9.18 Å². The molecule has 0 saturated heterocycles. The maximum absolute atomic E-state index is 13.0. The second-order valence-corrected chi connectivity index (χ2v) is 6.26. The number of carbonyl (C=O) groups excluding carboxylic acids is 1. The Hall–Kier alpha value is -2.27. The Balaban J connectivity index is 2.22. The summed E-state index contributed by atoms with van der Waals surface area (Å²) in [5, 5.41) is 0.336. The summed E-state index contributed by atoms with van der Waals surface area (Å²) in [6.45, 7) is 5.15. The van der Waals surface area contributed by atoms with E-state index in [-0.39, 0.29) is 11.7 Å². The van der Waals surface area contributed by atoms with E-state index >= 15 is 0 Å². The van der Waals surface area contributed by atoms with Gasteiger partial charge in [0.15, 0.2) is 11.5 Å². The van der Waals surface area contributed by atoms with Crippen molar-refractivity contribution < 1.29 is 18.7 Å². The molecule has 0 N–H and O–H groups in total. The Morgan fingerprint density at radius 3 is 2.46 bits per heavy atom. The van der Waals surface area contributed by atoms with Gasteiger partial charge < -0.3 is 14.4 Å². The van der Waals surface area contributed by atoms with E-state index in [4.69, 9.17) is 21.1 Å². The van der Waals surface area contributed by atoms with Gasteiger partial charge in [0, 0.05) is 19.2 Å². The Morgan fingerprint density at radius 1 is 1.15 bits per heavy atom. The zero-order valence-corrected chi connectivity index (χ0v) is 16.0. The number of nitrogens with zero attached hydrogens (tertiary/aromatic N) is 1. The minimum absolute atomic E-state index is 0.209. The first-order valence-electron chi connectivity index (χ1n) is 8.55. The molecule has 0 bridgehead atoms. The van der Waals surface area contributed by atoms with Gasteiger partial charge in [0.1, 0.15) is 5.82 Å². The number of amides is 1. The van der Waals surface area contributed by atoms with Crippen LogP contribution in [0.1, 0.15) is 36.2 Å². The fourth-order valence-electron chi connectivity index (χ4n) is 2.45. The minimum atomic E-state index is -0.307. The molecule has 0 radical (unpaired) electrons. The molecule has 0 aliphatic rings. The van der Waals surface area contributed by atoms with E-state index in [1.54, 1.807) is 36.2 Å². The molecule has 0 aliphatic heterocycles. The van der Waals surface area contributed by atoms with Gasteiger partial charge in [0.05, 0.1) is 18.2 Å². The standard InChI is InChI=1S/C20H23ClFNO3/c1-4-10-26-19-17(21)11-15(12-18(19)25-5-2)20(24)23(3)13-14-6-8-16(22)9-7-14/h6-9,11-12H,4-5,10,13H2,1-3H3. The third kappa shape index (κ3) is 5.11. The molecule has 1 amide bonds. The van der Waals surface area contributed by atoms with Crippen molar-refractivity contribution in [1.29, 1.82) is 0 Å². The third-order valence-electron chi connectivity index (χ3n) is 3.69. The van der Waals surface area contributed by atoms with Crippen LogP contribution in [0.2, 0.25) is 5.02 Å². The molecule has 0 aromatic heterocycles. The predicted molar refractivity (Wildman–Crippen MR) is 101 cm³/mol. The first-order valence-corrected chi connectivity index (χ1v) is 8.93. The fraction of sp³-hybridized carbons (Fsp3) is 0.350. The van der Waals surface area contributed by atoms with Gasteiger partial charge in [-0.25, -0.2) is 4.39 Å². The van der Waals surface area contributed by atoms with Gasteiger partial charge in [0.25, 0.3) is 5.91 Å². The number of carbonyl (C=O) groups is 1. The quantitative estimate of drug-likeness (QED) is 0.652. The SMILES string of the molecule is CCCOc1c(Cl)cc(C(=O)N(C)Cc2ccc(F)cc2)cc1OCC. The van der Waals surface area contributed by atoms with Gasteiger partial charge in [0.2, 0.25) is 0 Å². The zero-order valence-electron chi connectivity index (χ0n) is 15.2. The van der Waals surface area contributed by atoms with Crippen LogP contribution >= 0.6 is 11.6 Å². The Bertz CT molecular complexity index is 749. The minimum Gasteiger partial charge on any atom is -0.490 e. The van der Waals surface area contributed by atoms with Gasteiger partial charge in [-0.15, -0.1) is 0 Å². The number of benzene rings is 2. The van der Waals surface area contributed by atoms with Crippen LogP contribution in [0.4, 0.5) is 4.39 Å². The van der Waals surface area contributed by atoms with Gasteiger partial charge >= 0.3 is 0 Å². The summed E-state index contributed by atoms with van der Waals surface area (Å²) in [7, 11) is 1.68. The third-order valence-corrected chi connectivity index (χ3v) is 3.97. The van der Waals surface area contributed by atoms with Gasteiger partial charge in [-0.1, -0.05) is 30.7 Å². The smallest absolute Gasteiger partial charge is 0.254 e. The zero-order chi connectivity index (χ0) is 19.1. The predicted octanol–water partition coefficient (Wildman–Crippen LogP) is 4.94. The van der Waals surface area contributed by atoms with Crippen LogP contribution < -0.4 is 9.47 Å². The Kier molecular flexibility index (Phi) is 7.27. The average Bonchev–Trinajstić information content (AvgIpc) is 2.62. The lowest BCUT2D eigenvalue weighted by atomic mass is 10.1. The number of rotatable bonds is 8.